The van der Waals surface area contributed by atoms with E-state index in [1.54, 1.807) is 0 Å². The summed E-state index contributed by atoms with van der Waals surface area (Å²) in [6, 6.07) is 0. The second kappa shape index (κ2) is 2.27. The molecule has 1 aliphatic rings. The van der Waals surface area contributed by atoms with Crippen molar-refractivity contribution in [2.24, 2.45) is 0 Å². The van der Waals surface area contributed by atoms with Crippen molar-refractivity contribution < 1.29 is 14.7 Å². The zero-order valence-corrected chi connectivity index (χ0v) is 6.55. The molecule has 0 amide bonds. The van der Waals surface area contributed by atoms with E-state index >= 15 is 0 Å². The van der Waals surface area contributed by atoms with Crippen molar-refractivity contribution in [3.05, 3.63) is 11.6 Å². The summed E-state index contributed by atoms with van der Waals surface area (Å²) in [6.45, 7) is 2.81. The molecule has 1 N–H and O–H groups in total. The predicted octanol–water partition coefficient (Wildman–Crippen LogP) is 0.226. The molecular weight excluding hydrogens is 144 g/mol. The first-order valence-corrected chi connectivity index (χ1v) is 3.42. The lowest BCUT2D eigenvalue weighted by molar-refractivity contribution is -0.128. The zero-order valence-electron chi connectivity index (χ0n) is 6.55. The molecule has 0 fully saturated rings. The Morgan fingerprint density at radius 1 is 1.73 bits per heavy atom. The van der Waals surface area contributed by atoms with E-state index in [2.05, 4.69) is 0 Å². The van der Waals surface area contributed by atoms with Gasteiger partial charge in [-0.2, -0.15) is 0 Å². The van der Waals surface area contributed by atoms with Crippen LogP contribution >= 0.6 is 0 Å². The Morgan fingerprint density at radius 3 is 2.45 bits per heavy atom. The molecule has 1 aliphatic carbocycles. The predicted molar refractivity (Wildman–Crippen MR) is 39.0 cm³/mol. The van der Waals surface area contributed by atoms with Crippen LogP contribution in [0.5, 0.6) is 0 Å². The van der Waals surface area contributed by atoms with Gasteiger partial charge >= 0.3 is 0 Å². The molecule has 0 aliphatic heterocycles. The number of rotatable bonds is 1. The molecule has 0 bridgehead atoms. The molecule has 3 nitrogen and oxygen atoms in total. The molecule has 1 rings (SSSR count). The summed E-state index contributed by atoms with van der Waals surface area (Å²) in [4.78, 5) is 21.7. The van der Waals surface area contributed by atoms with Crippen molar-refractivity contribution in [1.82, 2.24) is 0 Å². The SMILES string of the molecule is CC(=O)C1=CC(=O)C(C)(O)C1. The van der Waals surface area contributed by atoms with Crippen molar-refractivity contribution in [3.63, 3.8) is 0 Å². The van der Waals surface area contributed by atoms with Crippen LogP contribution in [0.4, 0.5) is 0 Å². The van der Waals surface area contributed by atoms with Crippen LogP contribution < -0.4 is 0 Å². The van der Waals surface area contributed by atoms with Gasteiger partial charge in [0.1, 0.15) is 5.60 Å². The summed E-state index contributed by atoms with van der Waals surface area (Å²) < 4.78 is 0. The van der Waals surface area contributed by atoms with Crippen LogP contribution in [0.25, 0.3) is 0 Å². The highest BCUT2D eigenvalue weighted by molar-refractivity contribution is 6.09. The minimum Gasteiger partial charge on any atom is -0.382 e. The standard InChI is InChI=1S/C8H10O3/c1-5(9)6-3-7(10)8(2,11)4-6/h3,11H,4H2,1-2H3. The Hall–Kier alpha value is -0.960. The molecule has 0 aromatic rings. The van der Waals surface area contributed by atoms with Gasteiger partial charge < -0.3 is 5.11 Å². The molecule has 1 unspecified atom stereocenters. The smallest absolute Gasteiger partial charge is 0.187 e. The van der Waals surface area contributed by atoms with E-state index in [1.807, 2.05) is 0 Å². The van der Waals surface area contributed by atoms with Gasteiger partial charge in [0.2, 0.25) is 0 Å². The van der Waals surface area contributed by atoms with Crippen LogP contribution in [0, 0.1) is 0 Å². The maximum atomic E-state index is 10.9. The molecule has 0 spiro atoms. The minimum atomic E-state index is -1.35. The summed E-state index contributed by atoms with van der Waals surface area (Å²) >= 11 is 0. The van der Waals surface area contributed by atoms with Crippen LogP contribution in [0.2, 0.25) is 0 Å². The summed E-state index contributed by atoms with van der Waals surface area (Å²) in [5.41, 5.74) is -0.930. The Kier molecular flexibility index (Phi) is 1.68. The third-order valence-electron chi connectivity index (χ3n) is 1.82. The lowest BCUT2D eigenvalue weighted by atomic mass is 10.0. The fourth-order valence-corrected chi connectivity index (χ4v) is 1.05. The molecule has 0 saturated heterocycles. The summed E-state index contributed by atoms with van der Waals surface area (Å²) in [5, 5.41) is 9.33. The molecule has 0 aromatic heterocycles. The van der Waals surface area contributed by atoms with Gasteiger partial charge in [0.05, 0.1) is 0 Å². The van der Waals surface area contributed by atoms with Crippen molar-refractivity contribution >= 4 is 11.6 Å². The fraction of sp³-hybridized carbons (Fsp3) is 0.500. The van der Waals surface area contributed by atoms with Crippen LogP contribution in [0.15, 0.2) is 11.6 Å². The van der Waals surface area contributed by atoms with Gasteiger partial charge in [0.15, 0.2) is 11.6 Å². The van der Waals surface area contributed by atoms with E-state index in [-0.39, 0.29) is 18.0 Å². The van der Waals surface area contributed by atoms with Crippen molar-refractivity contribution in [3.8, 4) is 0 Å². The number of hydrogen-bond acceptors (Lipinski definition) is 3. The maximum Gasteiger partial charge on any atom is 0.187 e. The molecular formula is C8H10O3. The summed E-state index contributed by atoms with van der Waals surface area (Å²) in [5.74, 6) is -0.515. The topological polar surface area (TPSA) is 54.4 Å². The molecule has 0 aromatic carbocycles. The Bertz CT molecular complexity index is 248. The monoisotopic (exact) mass is 154 g/mol. The number of carbonyl (C=O) groups is 2. The second-order valence-electron chi connectivity index (χ2n) is 3.04. The van der Waals surface area contributed by atoms with Crippen molar-refractivity contribution in [2.75, 3.05) is 0 Å². The fourth-order valence-electron chi connectivity index (χ4n) is 1.05. The van der Waals surface area contributed by atoms with Crippen molar-refractivity contribution in [2.45, 2.75) is 25.9 Å². The van der Waals surface area contributed by atoms with Gasteiger partial charge in [-0.15, -0.1) is 0 Å². The van der Waals surface area contributed by atoms with E-state index in [0.29, 0.717) is 5.57 Å². The normalized spacial score (nSPS) is 30.5. The van der Waals surface area contributed by atoms with Crippen LogP contribution in [-0.4, -0.2) is 22.3 Å². The van der Waals surface area contributed by atoms with Crippen LogP contribution in [-0.2, 0) is 9.59 Å². The molecule has 0 radical (unpaired) electrons. The van der Waals surface area contributed by atoms with E-state index in [4.69, 9.17) is 0 Å². The zero-order chi connectivity index (χ0) is 8.65. The van der Waals surface area contributed by atoms with E-state index < -0.39 is 5.60 Å². The second-order valence-corrected chi connectivity index (χ2v) is 3.04. The quantitative estimate of drug-likeness (QED) is 0.588. The van der Waals surface area contributed by atoms with Gasteiger partial charge in [-0.1, -0.05) is 0 Å². The highest BCUT2D eigenvalue weighted by atomic mass is 16.3. The Morgan fingerprint density at radius 2 is 2.27 bits per heavy atom. The number of aliphatic hydroxyl groups is 1. The molecule has 0 saturated carbocycles. The first-order valence-electron chi connectivity index (χ1n) is 3.42. The highest BCUT2D eigenvalue weighted by Gasteiger charge is 2.36. The van der Waals surface area contributed by atoms with Gasteiger partial charge in [-0.3, -0.25) is 9.59 Å². The molecule has 0 heterocycles. The molecule has 1 atom stereocenters. The molecule has 60 valence electrons. The minimum absolute atomic E-state index is 0.142. The van der Waals surface area contributed by atoms with Gasteiger partial charge in [-0.25, -0.2) is 0 Å². The van der Waals surface area contributed by atoms with Crippen molar-refractivity contribution in [1.29, 1.82) is 0 Å². The van der Waals surface area contributed by atoms with Gasteiger partial charge in [0, 0.05) is 12.0 Å². The van der Waals surface area contributed by atoms with Gasteiger partial charge in [-0.05, 0) is 19.9 Å². The van der Waals surface area contributed by atoms with Crippen LogP contribution in [0.3, 0.4) is 0 Å². The number of Topliss-reactive ketones (excluding diaryl/α,β-unsaturated/α-hetero) is 1. The average Bonchev–Trinajstić information content (AvgIpc) is 2.08. The first kappa shape index (κ1) is 8.14. The summed E-state index contributed by atoms with van der Waals surface area (Å²) in [7, 11) is 0. The Balaban J connectivity index is 2.88. The first-order chi connectivity index (χ1) is 4.93. The van der Waals surface area contributed by atoms with Gasteiger partial charge in [0.25, 0.3) is 0 Å². The third kappa shape index (κ3) is 1.38. The summed E-state index contributed by atoms with van der Waals surface area (Å²) in [6.07, 6.45) is 1.38. The van der Waals surface area contributed by atoms with E-state index in [9.17, 15) is 14.7 Å². The lowest BCUT2D eigenvalue weighted by Crippen LogP contribution is -2.29. The number of hydrogen-bond donors (Lipinski definition) is 1. The van der Waals surface area contributed by atoms with Crippen LogP contribution in [0.1, 0.15) is 20.3 Å². The highest BCUT2D eigenvalue weighted by Crippen LogP contribution is 2.25. The average molecular weight is 154 g/mol. The molecule has 3 heteroatoms. The van der Waals surface area contributed by atoms with E-state index in [0.717, 1.165) is 0 Å². The Labute approximate surface area is 64.7 Å². The number of carbonyl (C=O) groups excluding carboxylic acids is 2. The maximum absolute atomic E-state index is 10.9. The lowest BCUT2D eigenvalue weighted by Gasteiger charge is -2.12. The van der Waals surface area contributed by atoms with E-state index in [1.165, 1.54) is 19.9 Å². The molecule has 11 heavy (non-hydrogen) atoms. The third-order valence-corrected chi connectivity index (χ3v) is 1.82. The number of ketones is 2. The largest absolute Gasteiger partial charge is 0.382 e.